The second-order valence-electron chi connectivity index (χ2n) is 5.36. The van der Waals surface area contributed by atoms with E-state index in [1.807, 2.05) is 13.8 Å². The first-order valence-corrected chi connectivity index (χ1v) is 7.13. The van der Waals surface area contributed by atoms with E-state index in [1.165, 1.54) is 20.0 Å². The maximum Gasteiger partial charge on any atom is 0.307 e. The average Bonchev–Trinajstić information content (AvgIpc) is 3.21. The standard InChI is InChI=1S/C14H26N2O3/c1-4-14(5-2,8-13(18)19-3)16-12(17)10-15-9-11-6-7-11/h11,15H,4-10H2,1-3H3,(H,16,17). The highest BCUT2D eigenvalue weighted by molar-refractivity contribution is 5.80. The zero-order valence-corrected chi connectivity index (χ0v) is 12.3. The first kappa shape index (κ1) is 16.0. The van der Waals surface area contributed by atoms with Gasteiger partial charge < -0.3 is 15.4 Å². The molecule has 0 saturated heterocycles. The van der Waals surface area contributed by atoms with Crippen LogP contribution in [0.1, 0.15) is 46.0 Å². The quantitative estimate of drug-likeness (QED) is 0.618. The van der Waals surface area contributed by atoms with E-state index in [2.05, 4.69) is 10.6 Å². The molecule has 110 valence electrons. The fraction of sp³-hybridized carbons (Fsp3) is 0.857. The number of esters is 1. The molecule has 0 radical (unpaired) electrons. The minimum absolute atomic E-state index is 0.0479. The number of hydrogen-bond donors (Lipinski definition) is 2. The maximum atomic E-state index is 11.9. The smallest absolute Gasteiger partial charge is 0.307 e. The monoisotopic (exact) mass is 270 g/mol. The van der Waals surface area contributed by atoms with Crippen molar-refractivity contribution in [2.24, 2.45) is 5.92 Å². The number of ether oxygens (including phenoxy) is 1. The Balaban J connectivity index is 2.40. The van der Waals surface area contributed by atoms with Crippen LogP contribution in [0.3, 0.4) is 0 Å². The van der Waals surface area contributed by atoms with Gasteiger partial charge in [0.25, 0.3) is 0 Å². The molecule has 5 heteroatoms. The summed E-state index contributed by atoms with van der Waals surface area (Å²) in [6, 6.07) is 0. The van der Waals surface area contributed by atoms with Crippen molar-refractivity contribution in [2.75, 3.05) is 20.2 Å². The summed E-state index contributed by atoms with van der Waals surface area (Å²) >= 11 is 0. The summed E-state index contributed by atoms with van der Waals surface area (Å²) in [7, 11) is 1.37. The Hall–Kier alpha value is -1.10. The molecule has 0 aliphatic heterocycles. The fourth-order valence-electron chi connectivity index (χ4n) is 2.12. The van der Waals surface area contributed by atoms with E-state index in [4.69, 9.17) is 4.74 Å². The first-order valence-electron chi connectivity index (χ1n) is 7.13. The molecule has 5 nitrogen and oxygen atoms in total. The number of hydrogen-bond acceptors (Lipinski definition) is 4. The molecule has 0 bridgehead atoms. The summed E-state index contributed by atoms with van der Waals surface area (Å²) in [5.41, 5.74) is -0.481. The van der Waals surface area contributed by atoms with Crippen LogP contribution in [0.25, 0.3) is 0 Å². The first-order chi connectivity index (χ1) is 9.05. The molecule has 0 heterocycles. The maximum absolute atomic E-state index is 11.9. The molecule has 0 spiro atoms. The van der Waals surface area contributed by atoms with E-state index in [0.717, 1.165) is 12.5 Å². The molecule has 0 atom stereocenters. The summed E-state index contributed by atoms with van der Waals surface area (Å²) in [6.07, 6.45) is 4.19. The summed E-state index contributed by atoms with van der Waals surface area (Å²) < 4.78 is 4.71. The van der Waals surface area contributed by atoms with E-state index < -0.39 is 5.54 Å². The van der Waals surface area contributed by atoms with Crippen molar-refractivity contribution < 1.29 is 14.3 Å². The molecule has 1 saturated carbocycles. The van der Waals surface area contributed by atoms with Gasteiger partial charge in [-0.1, -0.05) is 13.8 Å². The van der Waals surface area contributed by atoms with Gasteiger partial charge in [0.1, 0.15) is 0 Å². The van der Waals surface area contributed by atoms with Gasteiger partial charge in [0.05, 0.1) is 25.6 Å². The minimum Gasteiger partial charge on any atom is -0.469 e. The van der Waals surface area contributed by atoms with Crippen LogP contribution in [0.5, 0.6) is 0 Å². The molecule has 1 aliphatic rings. The molecular weight excluding hydrogens is 244 g/mol. The van der Waals surface area contributed by atoms with E-state index in [9.17, 15) is 9.59 Å². The van der Waals surface area contributed by atoms with Gasteiger partial charge in [-0.3, -0.25) is 9.59 Å². The third-order valence-electron chi connectivity index (χ3n) is 3.88. The molecule has 1 aliphatic carbocycles. The topological polar surface area (TPSA) is 67.4 Å². The van der Waals surface area contributed by atoms with Crippen LogP contribution in [0.15, 0.2) is 0 Å². The second kappa shape index (κ2) is 7.48. The SMILES string of the molecule is CCC(CC)(CC(=O)OC)NC(=O)CNCC1CC1. The van der Waals surface area contributed by atoms with Crippen LogP contribution in [-0.4, -0.2) is 37.6 Å². The van der Waals surface area contributed by atoms with Gasteiger partial charge >= 0.3 is 5.97 Å². The Bertz CT molecular complexity index is 310. The Kier molecular flexibility index (Phi) is 6.28. The van der Waals surface area contributed by atoms with Crippen LogP contribution in [-0.2, 0) is 14.3 Å². The normalized spacial score (nSPS) is 15.1. The van der Waals surface area contributed by atoms with Gasteiger partial charge in [0, 0.05) is 0 Å². The van der Waals surface area contributed by atoms with Crippen LogP contribution in [0, 0.1) is 5.92 Å². The molecule has 0 aromatic rings. The molecule has 19 heavy (non-hydrogen) atoms. The Morgan fingerprint density at radius 1 is 1.26 bits per heavy atom. The van der Waals surface area contributed by atoms with Crippen LogP contribution >= 0.6 is 0 Å². The molecule has 1 fully saturated rings. The van der Waals surface area contributed by atoms with E-state index in [0.29, 0.717) is 19.4 Å². The lowest BCUT2D eigenvalue weighted by Crippen LogP contribution is -2.51. The number of carbonyl (C=O) groups excluding carboxylic acids is 2. The number of amides is 1. The largest absolute Gasteiger partial charge is 0.469 e. The van der Waals surface area contributed by atoms with Crippen molar-refractivity contribution in [1.82, 2.24) is 10.6 Å². The number of rotatable bonds is 9. The Morgan fingerprint density at radius 3 is 2.37 bits per heavy atom. The van der Waals surface area contributed by atoms with Crippen molar-refractivity contribution in [3.63, 3.8) is 0 Å². The van der Waals surface area contributed by atoms with Gasteiger partial charge in [0.15, 0.2) is 0 Å². The molecule has 1 amide bonds. The molecule has 2 N–H and O–H groups in total. The highest BCUT2D eigenvalue weighted by Gasteiger charge is 2.31. The summed E-state index contributed by atoms with van der Waals surface area (Å²) in [5, 5.41) is 6.14. The van der Waals surface area contributed by atoms with E-state index in [1.54, 1.807) is 0 Å². The molecule has 0 aromatic heterocycles. The predicted octanol–water partition coefficient (Wildman–Crippen LogP) is 1.22. The van der Waals surface area contributed by atoms with Gasteiger partial charge in [-0.2, -0.15) is 0 Å². The van der Waals surface area contributed by atoms with Gasteiger partial charge in [0.2, 0.25) is 5.91 Å². The van der Waals surface area contributed by atoms with Crippen molar-refractivity contribution >= 4 is 11.9 Å². The van der Waals surface area contributed by atoms with Crippen LogP contribution in [0.2, 0.25) is 0 Å². The molecule has 0 unspecified atom stereocenters. The van der Waals surface area contributed by atoms with Crippen LogP contribution in [0.4, 0.5) is 0 Å². The summed E-state index contributed by atoms with van der Waals surface area (Å²) in [5.74, 6) is 0.424. The highest BCUT2D eigenvalue weighted by atomic mass is 16.5. The lowest BCUT2D eigenvalue weighted by Gasteiger charge is -2.32. The third-order valence-corrected chi connectivity index (χ3v) is 3.88. The van der Waals surface area contributed by atoms with E-state index in [-0.39, 0.29) is 18.3 Å². The third kappa shape index (κ3) is 5.59. The summed E-state index contributed by atoms with van der Waals surface area (Å²) in [4.78, 5) is 23.4. The van der Waals surface area contributed by atoms with Gasteiger partial charge in [-0.15, -0.1) is 0 Å². The highest BCUT2D eigenvalue weighted by Crippen LogP contribution is 2.27. The number of carbonyl (C=O) groups is 2. The lowest BCUT2D eigenvalue weighted by atomic mass is 9.89. The fourth-order valence-corrected chi connectivity index (χ4v) is 2.12. The van der Waals surface area contributed by atoms with Crippen molar-refractivity contribution in [3.05, 3.63) is 0 Å². The zero-order chi connectivity index (χ0) is 14.3. The van der Waals surface area contributed by atoms with Gasteiger partial charge in [-0.25, -0.2) is 0 Å². The Labute approximate surface area is 115 Å². The predicted molar refractivity (Wildman–Crippen MR) is 73.7 cm³/mol. The molecule has 0 aromatic carbocycles. The Morgan fingerprint density at radius 2 is 1.89 bits per heavy atom. The zero-order valence-electron chi connectivity index (χ0n) is 12.3. The number of nitrogens with one attached hydrogen (secondary N) is 2. The number of methoxy groups -OCH3 is 1. The average molecular weight is 270 g/mol. The van der Waals surface area contributed by atoms with Crippen molar-refractivity contribution in [2.45, 2.75) is 51.5 Å². The molecule has 1 rings (SSSR count). The van der Waals surface area contributed by atoms with Crippen molar-refractivity contribution in [3.8, 4) is 0 Å². The minimum atomic E-state index is -0.481. The van der Waals surface area contributed by atoms with Gasteiger partial charge in [-0.05, 0) is 38.1 Å². The summed E-state index contributed by atoms with van der Waals surface area (Å²) in [6.45, 7) is 5.18. The van der Waals surface area contributed by atoms with Crippen molar-refractivity contribution in [1.29, 1.82) is 0 Å². The van der Waals surface area contributed by atoms with E-state index >= 15 is 0 Å². The lowest BCUT2D eigenvalue weighted by molar-refractivity contribution is -0.142. The van der Waals surface area contributed by atoms with Crippen LogP contribution < -0.4 is 10.6 Å². The second-order valence-corrected chi connectivity index (χ2v) is 5.36. The molecular formula is C14H26N2O3.